The highest BCUT2D eigenvalue weighted by atomic mass is 35.5. The van der Waals surface area contributed by atoms with E-state index in [1.807, 2.05) is 12.1 Å². The van der Waals surface area contributed by atoms with Crippen LogP contribution in [0.4, 0.5) is 11.4 Å². The average molecular weight is 254 g/mol. The second-order valence-electron chi connectivity index (χ2n) is 4.31. The van der Waals surface area contributed by atoms with Gasteiger partial charge in [-0.25, -0.2) is 0 Å². The van der Waals surface area contributed by atoms with Gasteiger partial charge in [-0.2, -0.15) is 0 Å². The van der Waals surface area contributed by atoms with Crippen LogP contribution in [-0.2, 0) is 0 Å². The molecular weight excluding hydrogens is 238 g/mol. The Morgan fingerprint density at radius 2 is 2.00 bits per heavy atom. The molecule has 0 atom stereocenters. The van der Waals surface area contributed by atoms with Crippen molar-refractivity contribution in [2.24, 2.45) is 0 Å². The molecule has 0 spiro atoms. The fourth-order valence-electron chi connectivity index (χ4n) is 2.34. The molecule has 17 heavy (non-hydrogen) atoms. The van der Waals surface area contributed by atoms with Gasteiger partial charge in [-0.1, -0.05) is 11.6 Å². The van der Waals surface area contributed by atoms with Crippen molar-refractivity contribution in [1.82, 2.24) is 5.32 Å². The van der Waals surface area contributed by atoms with Crippen LogP contribution in [0.25, 0.3) is 0 Å². The lowest BCUT2D eigenvalue weighted by molar-refractivity contribution is 0.323. The zero-order chi connectivity index (χ0) is 11.7. The molecular formula is C12H16ClN3O. The van der Waals surface area contributed by atoms with Crippen molar-refractivity contribution in [3.63, 3.8) is 0 Å². The van der Waals surface area contributed by atoms with Gasteiger partial charge in [-0.15, -0.1) is 0 Å². The number of nitrogens with zero attached hydrogens (tertiary/aromatic N) is 1. The summed E-state index contributed by atoms with van der Waals surface area (Å²) in [5.74, 6) is 0.947. The van der Waals surface area contributed by atoms with E-state index in [1.165, 1.54) is 0 Å². The van der Waals surface area contributed by atoms with Crippen molar-refractivity contribution < 1.29 is 4.74 Å². The predicted molar refractivity (Wildman–Crippen MR) is 70.5 cm³/mol. The molecule has 1 saturated heterocycles. The van der Waals surface area contributed by atoms with Gasteiger partial charge in [0.2, 0.25) is 0 Å². The number of anilines is 2. The van der Waals surface area contributed by atoms with Gasteiger partial charge in [0.15, 0.2) is 5.75 Å². The molecule has 0 aliphatic carbocycles. The molecule has 5 heteroatoms. The van der Waals surface area contributed by atoms with Crippen molar-refractivity contribution in [2.75, 3.05) is 49.5 Å². The van der Waals surface area contributed by atoms with Gasteiger partial charge >= 0.3 is 0 Å². The van der Waals surface area contributed by atoms with Gasteiger partial charge in [-0.3, -0.25) is 0 Å². The number of nitrogens with one attached hydrogen (secondary N) is 2. The highest BCUT2D eigenvalue weighted by Crippen LogP contribution is 2.40. The number of halogens is 1. The first-order valence-corrected chi connectivity index (χ1v) is 6.38. The molecule has 1 fully saturated rings. The highest BCUT2D eigenvalue weighted by molar-refractivity contribution is 6.31. The Kier molecular flexibility index (Phi) is 2.99. The zero-order valence-electron chi connectivity index (χ0n) is 9.63. The third-order valence-electron chi connectivity index (χ3n) is 3.16. The van der Waals surface area contributed by atoms with Crippen LogP contribution in [0.1, 0.15) is 0 Å². The Balaban J connectivity index is 1.98. The summed E-state index contributed by atoms with van der Waals surface area (Å²) in [6, 6.07) is 3.93. The van der Waals surface area contributed by atoms with Crippen molar-refractivity contribution in [2.45, 2.75) is 0 Å². The first-order valence-electron chi connectivity index (χ1n) is 6.00. The molecule has 4 nitrogen and oxygen atoms in total. The summed E-state index contributed by atoms with van der Waals surface area (Å²) in [7, 11) is 0. The van der Waals surface area contributed by atoms with Crippen molar-refractivity contribution >= 4 is 23.0 Å². The summed E-state index contributed by atoms with van der Waals surface area (Å²) in [5.41, 5.74) is 2.12. The minimum absolute atomic E-state index is 0.716. The Morgan fingerprint density at radius 3 is 2.82 bits per heavy atom. The summed E-state index contributed by atoms with van der Waals surface area (Å²) in [6.45, 7) is 5.57. The zero-order valence-corrected chi connectivity index (χ0v) is 10.4. The quantitative estimate of drug-likeness (QED) is 0.796. The third-order valence-corrected chi connectivity index (χ3v) is 3.37. The maximum atomic E-state index is 6.16. The van der Waals surface area contributed by atoms with Gasteiger partial charge in [0.25, 0.3) is 0 Å². The average Bonchev–Trinajstić information content (AvgIpc) is 2.39. The molecule has 0 aromatic heterocycles. The fraction of sp³-hybridized carbons (Fsp3) is 0.500. The van der Waals surface area contributed by atoms with Crippen molar-refractivity contribution in [3.8, 4) is 5.75 Å². The largest absolute Gasteiger partial charge is 0.487 e. The topological polar surface area (TPSA) is 36.5 Å². The minimum atomic E-state index is 0.716. The first kappa shape index (κ1) is 11.0. The van der Waals surface area contributed by atoms with E-state index in [2.05, 4.69) is 15.5 Å². The number of piperazine rings is 1. The summed E-state index contributed by atoms with van der Waals surface area (Å²) in [6.07, 6.45) is 0. The van der Waals surface area contributed by atoms with Gasteiger partial charge in [0, 0.05) is 37.7 Å². The van der Waals surface area contributed by atoms with E-state index in [0.717, 1.165) is 54.9 Å². The number of hydrogen-bond donors (Lipinski definition) is 2. The number of ether oxygens (including phenoxy) is 1. The van der Waals surface area contributed by atoms with Crippen LogP contribution >= 0.6 is 11.6 Å². The lowest BCUT2D eigenvalue weighted by atomic mass is 10.2. The fourth-order valence-corrected chi connectivity index (χ4v) is 2.55. The Bertz CT molecular complexity index is 418. The molecule has 2 aliphatic rings. The molecule has 1 aromatic carbocycles. The van der Waals surface area contributed by atoms with Crippen molar-refractivity contribution in [3.05, 3.63) is 17.2 Å². The smallest absolute Gasteiger partial charge is 0.165 e. The predicted octanol–water partition coefficient (Wildman–Crippen LogP) is 1.55. The molecule has 0 bridgehead atoms. The molecule has 2 N–H and O–H groups in total. The number of hydrogen-bond acceptors (Lipinski definition) is 4. The summed E-state index contributed by atoms with van der Waals surface area (Å²) in [4.78, 5) is 2.33. The molecule has 2 aliphatic heterocycles. The summed E-state index contributed by atoms with van der Waals surface area (Å²) >= 11 is 6.16. The molecule has 1 aromatic rings. The van der Waals surface area contributed by atoms with Gasteiger partial charge in [0.05, 0.1) is 11.4 Å². The van der Waals surface area contributed by atoms with E-state index in [1.54, 1.807) is 0 Å². The summed E-state index contributed by atoms with van der Waals surface area (Å²) in [5, 5.41) is 7.44. The van der Waals surface area contributed by atoms with Crippen LogP contribution in [0, 0.1) is 0 Å². The van der Waals surface area contributed by atoms with Gasteiger partial charge < -0.3 is 20.3 Å². The molecule has 0 unspecified atom stereocenters. The van der Waals surface area contributed by atoms with E-state index in [4.69, 9.17) is 16.3 Å². The molecule has 3 rings (SSSR count). The van der Waals surface area contributed by atoms with Gasteiger partial charge in [0.1, 0.15) is 6.61 Å². The monoisotopic (exact) mass is 253 g/mol. The van der Waals surface area contributed by atoms with Crippen LogP contribution in [0.5, 0.6) is 5.75 Å². The van der Waals surface area contributed by atoms with Crippen LogP contribution in [0.15, 0.2) is 12.1 Å². The van der Waals surface area contributed by atoms with Crippen LogP contribution in [0.3, 0.4) is 0 Å². The maximum absolute atomic E-state index is 6.16. The first-order chi connectivity index (χ1) is 8.34. The second-order valence-corrected chi connectivity index (χ2v) is 4.75. The number of rotatable bonds is 1. The maximum Gasteiger partial charge on any atom is 0.165 e. The lowest BCUT2D eigenvalue weighted by Gasteiger charge is -2.33. The Hall–Kier alpha value is -1.13. The molecule has 0 saturated carbocycles. The van der Waals surface area contributed by atoms with E-state index in [-0.39, 0.29) is 0 Å². The summed E-state index contributed by atoms with van der Waals surface area (Å²) < 4.78 is 5.78. The lowest BCUT2D eigenvalue weighted by Crippen LogP contribution is -2.43. The van der Waals surface area contributed by atoms with Crippen LogP contribution < -0.4 is 20.3 Å². The molecule has 2 heterocycles. The van der Waals surface area contributed by atoms with E-state index in [0.29, 0.717) is 6.61 Å². The third kappa shape index (κ3) is 2.15. The molecule has 0 amide bonds. The Morgan fingerprint density at radius 1 is 1.18 bits per heavy atom. The minimum Gasteiger partial charge on any atom is -0.487 e. The molecule has 0 radical (unpaired) electrons. The van der Waals surface area contributed by atoms with E-state index in [9.17, 15) is 0 Å². The Labute approximate surface area is 106 Å². The number of benzene rings is 1. The van der Waals surface area contributed by atoms with Crippen LogP contribution in [-0.4, -0.2) is 39.3 Å². The highest BCUT2D eigenvalue weighted by Gasteiger charge is 2.21. The normalized spacial score (nSPS) is 19.2. The van der Waals surface area contributed by atoms with Crippen LogP contribution in [0.2, 0.25) is 5.02 Å². The van der Waals surface area contributed by atoms with Crippen molar-refractivity contribution in [1.29, 1.82) is 0 Å². The number of fused-ring (bicyclic) bond motifs is 1. The second kappa shape index (κ2) is 4.63. The SMILES string of the molecule is Clc1cc2c(c(N3CCNCC3)c1)OCCN2. The van der Waals surface area contributed by atoms with E-state index >= 15 is 0 Å². The van der Waals surface area contributed by atoms with E-state index < -0.39 is 0 Å². The van der Waals surface area contributed by atoms with Gasteiger partial charge in [-0.05, 0) is 12.1 Å². The molecule has 92 valence electrons. The standard InChI is InChI=1S/C12H16ClN3O/c13-9-7-10-12(17-6-3-15-10)11(8-9)16-4-1-14-2-5-16/h7-8,14-15H,1-6H2.